The lowest BCUT2D eigenvalue weighted by Crippen LogP contribution is -2.66. The number of nitrogens with one attached hydrogen (secondary N) is 1. The molecule has 0 aromatic rings. The summed E-state index contributed by atoms with van der Waals surface area (Å²) in [5, 5.41) is 3.07. The fraction of sp³-hybridized carbons (Fsp3) is 0.750. The monoisotopic (exact) mass is 225 g/mol. The Labute approximate surface area is 98.3 Å². The fourth-order valence-corrected chi connectivity index (χ4v) is 2.38. The van der Waals surface area contributed by atoms with Crippen molar-refractivity contribution in [3.8, 4) is 0 Å². The Morgan fingerprint density at radius 2 is 2.25 bits per heavy atom. The van der Waals surface area contributed by atoms with Crippen LogP contribution in [-0.4, -0.2) is 61.0 Å². The predicted molar refractivity (Wildman–Crippen MR) is 66.3 cm³/mol. The highest BCUT2D eigenvalue weighted by atomic mass is 16.2. The van der Waals surface area contributed by atoms with Crippen LogP contribution < -0.4 is 5.32 Å². The minimum atomic E-state index is -0.121. The highest BCUT2D eigenvalue weighted by Crippen LogP contribution is 2.24. The van der Waals surface area contributed by atoms with Crippen molar-refractivity contribution in [2.45, 2.75) is 25.4 Å². The standard InChI is InChI=1S/C12H23N3O/c1-6-7-15-11(16)10(8-13-4)14(5)9-12(15,2)3/h6,10,13H,1,7-9H2,2-5H3. The second-order valence-electron chi connectivity index (χ2n) is 5.04. The molecule has 16 heavy (non-hydrogen) atoms. The summed E-state index contributed by atoms with van der Waals surface area (Å²) in [6.07, 6.45) is 1.79. The van der Waals surface area contributed by atoms with Gasteiger partial charge >= 0.3 is 0 Å². The van der Waals surface area contributed by atoms with E-state index in [4.69, 9.17) is 0 Å². The van der Waals surface area contributed by atoms with E-state index in [9.17, 15) is 4.79 Å². The molecule has 4 nitrogen and oxygen atoms in total. The van der Waals surface area contributed by atoms with Gasteiger partial charge in [-0.15, -0.1) is 6.58 Å². The maximum atomic E-state index is 12.3. The van der Waals surface area contributed by atoms with Gasteiger partial charge in [0.05, 0.1) is 5.54 Å². The van der Waals surface area contributed by atoms with Gasteiger partial charge in [-0.3, -0.25) is 9.69 Å². The number of piperazine rings is 1. The second kappa shape index (κ2) is 4.97. The number of carbonyl (C=O) groups is 1. The molecule has 1 rings (SSSR count). The first-order valence-electron chi connectivity index (χ1n) is 5.71. The number of nitrogens with zero attached hydrogens (tertiary/aromatic N) is 2. The number of hydrogen-bond donors (Lipinski definition) is 1. The van der Waals surface area contributed by atoms with E-state index in [0.29, 0.717) is 13.1 Å². The van der Waals surface area contributed by atoms with Gasteiger partial charge in [0.15, 0.2) is 0 Å². The molecule has 1 fully saturated rings. The molecule has 1 atom stereocenters. The maximum Gasteiger partial charge on any atom is 0.242 e. The number of carbonyl (C=O) groups excluding carboxylic acids is 1. The molecule has 1 heterocycles. The van der Waals surface area contributed by atoms with E-state index >= 15 is 0 Å². The topological polar surface area (TPSA) is 35.6 Å². The van der Waals surface area contributed by atoms with Crippen molar-refractivity contribution in [1.82, 2.24) is 15.1 Å². The molecule has 0 aliphatic carbocycles. The van der Waals surface area contributed by atoms with Gasteiger partial charge in [0.25, 0.3) is 0 Å². The second-order valence-corrected chi connectivity index (χ2v) is 5.04. The predicted octanol–water partition coefficient (Wildman–Crippen LogP) is 0.313. The van der Waals surface area contributed by atoms with E-state index in [-0.39, 0.29) is 17.5 Å². The molecule has 0 aromatic heterocycles. The summed E-state index contributed by atoms with van der Waals surface area (Å²) in [4.78, 5) is 16.4. The van der Waals surface area contributed by atoms with Gasteiger partial charge in [-0.2, -0.15) is 0 Å². The van der Waals surface area contributed by atoms with Crippen LogP contribution in [-0.2, 0) is 4.79 Å². The maximum absolute atomic E-state index is 12.3. The number of likely N-dealkylation sites (N-methyl/N-ethyl adjacent to an activating group) is 2. The van der Waals surface area contributed by atoms with Crippen LogP contribution in [0.4, 0.5) is 0 Å². The molecule has 1 aliphatic rings. The third-order valence-electron chi connectivity index (χ3n) is 3.16. The van der Waals surface area contributed by atoms with Gasteiger partial charge in [-0.1, -0.05) is 6.08 Å². The SMILES string of the molecule is C=CCN1C(=O)C(CNC)N(C)CC1(C)C. The Bertz CT molecular complexity index is 275. The van der Waals surface area contributed by atoms with Crippen LogP contribution in [0.25, 0.3) is 0 Å². The van der Waals surface area contributed by atoms with Gasteiger partial charge in [-0.25, -0.2) is 0 Å². The Morgan fingerprint density at radius 1 is 1.62 bits per heavy atom. The summed E-state index contributed by atoms with van der Waals surface area (Å²) in [6.45, 7) is 10.1. The van der Waals surface area contributed by atoms with E-state index in [1.165, 1.54) is 0 Å². The average molecular weight is 225 g/mol. The number of amides is 1. The van der Waals surface area contributed by atoms with Crippen LogP contribution in [0.3, 0.4) is 0 Å². The van der Waals surface area contributed by atoms with Crippen molar-refractivity contribution in [3.05, 3.63) is 12.7 Å². The Morgan fingerprint density at radius 3 is 2.75 bits per heavy atom. The summed E-state index contributed by atoms with van der Waals surface area (Å²) in [5.74, 6) is 0.188. The highest BCUT2D eigenvalue weighted by Gasteiger charge is 2.42. The van der Waals surface area contributed by atoms with Gasteiger partial charge < -0.3 is 10.2 Å². The largest absolute Gasteiger partial charge is 0.331 e. The van der Waals surface area contributed by atoms with E-state index in [1.807, 2.05) is 19.0 Å². The van der Waals surface area contributed by atoms with Crippen molar-refractivity contribution < 1.29 is 4.79 Å². The van der Waals surface area contributed by atoms with Crippen LogP contribution in [0.1, 0.15) is 13.8 Å². The summed E-state index contributed by atoms with van der Waals surface area (Å²) in [7, 11) is 3.88. The van der Waals surface area contributed by atoms with Crippen LogP contribution >= 0.6 is 0 Å². The number of hydrogen-bond acceptors (Lipinski definition) is 3. The van der Waals surface area contributed by atoms with Crippen LogP contribution in [0.15, 0.2) is 12.7 Å². The fourth-order valence-electron chi connectivity index (χ4n) is 2.38. The molecule has 1 amide bonds. The highest BCUT2D eigenvalue weighted by molar-refractivity contribution is 5.84. The average Bonchev–Trinajstić information content (AvgIpc) is 2.18. The van der Waals surface area contributed by atoms with Gasteiger partial charge in [0.2, 0.25) is 5.91 Å². The zero-order valence-corrected chi connectivity index (χ0v) is 10.8. The van der Waals surface area contributed by atoms with Crippen LogP contribution in [0.2, 0.25) is 0 Å². The molecular weight excluding hydrogens is 202 g/mol. The Hall–Kier alpha value is -0.870. The molecule has 0 aromatic carbocycles. The van der Waals surface area contributed by atoms with Crippen molar-refractivity contribution in [1.29, 1.82) is 0 Å². The normalized spacial score (nSPS) is 25.9. The molecule has 4 heteroatoms. The summed E-state index contributed by atoms with van der Waals surface area (Å²) < 4.78 is 0. The lowest BCUT2D eigenvalue weighted by molar-refractivity contribution is -0.149. The minimum absolute atomic E-state index is 0.0574. The molecule has 0 bridgehead atoms. The molecule has 1 aliphatic heterocycles. The summed E-state index contributed by atoms with van der Waals surface area (Å²) >= 11 is 0. The third kappa shape index (κ3) is 2.44. The van der Waals surface area contributed by atoms with Crippen LogP contribution in [0, 0.1) is 0 Å². The lowest BCUT2D eigenvalue weighted by Gasteiger charge is -2.49. The molecule has 1 saturated heterocycles. The van der Waals surface area contributed by atoms with Crippen molar-refractivity contribution >= 4 is 5.91 Å². The summed E-state index contributed by atoms with van der Waals surface area (Å²) in [6, 6.07) is -0.0574. The molecule has 92 valence electrons. The Balaban J connectivity index is 2.89. The molecule has 0 saturated carbocycles. The van der Waals surface area contributed by atoms with Crippen molar-refractivity contribution in [2.24, 2.45) is 0 Å². The zero-order chi connectivity index (χ0) is 12.3. The Kier molecular flexibility index (Phi) is 4.10. The van der Waals surface area contributed by atoms with E-state index in [2.05, 4.69) is 30.6 Å². The van der Waals surface area contributed by atoms with Crippen LogP contribution in [0.5, 0.6) is 0 Å². The smallest absolute Gasteiger partial charge is 0.242 e. The number of rotatable bonds is 4. The first-order valence-corrected chi connectivity index (χ1v) is 5.71. The molecular formula is C12H23N3O. The first-order chi connectivity index (χ1) is 7.44. The molecule has 1 unspecified atom stereocenters. The first kappa shape index (κ1) is 13.2. The van der Waals surface area contributed by atoms with Crippen molar-refractivity contribution in [3.63, 3.8) is 0 Å². The molecule has 0 spiro atoms. The van der Waals surface area contributed by atoms with E-state index in [0.717, 1.165) is 6.54 Å². The zero-order valence-electron chi connectivity index (χ0n) is 10.8. The van der Waals surface area contributed by atoms with E-state index < -0.39 is 0 Å². The van der Waals surface area contributed by atoms with Gasteiger partial charge in [0, 0.05) is 19.6 Å². The summed E-state index contributed by atoms with van der Waals surface area (Å²) in [5.41, 5.74) is -0.121. The quantitative estimate of drug-likeness (QED) is 0.700. The van der Waals surface area contributed by atoms with E-state index in [1.54, 1.807) is 6.08 Å². The van der Waals surface area contributed by atoms with Gasteiger partial charge in [0.1, 0.15) is 6.04 Å². The molecule has 0 radical (unpaired) electrons. The minimum Gasteiger partial charge on any atom is -0.331 e. The lowest BCUT2D eigenvalue weighted by atomic mass is 9.95. The van der Waals surface area contributed by atoms with Crippen molar-refractivity contribution in [2.75, 3.05) is 33.7 Å². The molecule has 1 N–H and O–H groups in total. The third-order valence-corrected chi connectivity index (χ3v) is 3.16. The van der Waals surface area contributed by atoms with Gasteiger partial charge in [-0.05, 0) is 27.9 Å².